The number of carbonyl (C=O) groups excluding carboxylic acids is 2. The molecule has 1 rings (SSSR count). The van der Waals surface area contributed by atoms with E-state index in [0.29, 0.717) is 6.61 Å². The number of carbonyl (C=O) groups is 2. The molecular formula is C14H23NO5. The molecule has 0 bridgehead atoms. The fourth-order valence-corrected chi connectivity index (χ4v) is 1.90. The van der Waals surface area contributed by atoms with Crippen LogP contribution in [0.25, 0.3) is 0 Å². The van der Waals surface area contributed by atoms with Crippen molar-refractivity contribution >= 4 is 12.1 Å². The first-order valence-corrected chi connectivity index (χ1v) is 6.49. The predicted octanol–water partition coefficient (Wildman–Crippen LogP) is 2.09. The van der Waals surface area contributed by atoms with Gasteiger partial charge in [-0.1, -0.05) is 6.08 Å². The predicted molar refractivity (Wildman–Crippen MR) is 73.0 cm³/mol. The second-order valence-electron chi connectivity index (χ2n) is 6.06. The topological polar surface area (TPSA) is 65.1 Å². The SMILES string of the molecule is COC(=O)/C=C\C1COC(C)(C)N1C(=O)OC(C)(C)C. The molecule has 0 aromatic carbocycles. The fraction of sp³-hybridized carbons (Fsp3) is 0.714. The highest BCUT2D eigenvalue weighted by Crippen LogP contribution is 2.29. The van der Waals surface area contributed by atoms with Crippen LogP contribution in [0.1, 0.15) is 34.6 Å². The number of hydrogen-bond donors (Lipinski definition) is 0. The van der Waals surface area contributed by atoms with Crippen LogP contribution in [0.2, 0.25) is 0 Å². The Morgan fingerprint density at radius 3 is 2.45 bits per heavy atom. The van der Waals surface area contributed by atoms with Gasteiger partial charge in [0.25, 0.3) is 0 Å². The van der Waals surface area contributed by atoms with Gasteiger partial charge in [-0.25, -0.2) is 9.59 Å². The van der Waals surface area contributed by atoms with Gasteiger partial charge in [-0.05, 0) is 34.6 Å². The summed E-state index contributed by atoms with van der Waals surface area (Å²) >= 11 is 0. The van der Waals surface area contributed by atoms with Gasteiger partial charge in [0, 0.05) is 6.08 Å². The minimum Gasteiger partial charge on any atom is -0.466 e. The van der Waals surface area contributed by atoms with E-state index in [4.69, 9.17) is 9.47 Å². The molecule has 6 nitrogen and oxygen atoms in total. The summed E-state index contributed by atoms with van der Waals surface area (Å²) in [5.74, 6) is -0.473. The Balaban J connectivity index is 2.88. The molecule has 6 heteroatoms. The third kappa shape index (κ3) is 4.23. The quantitative estimate of drug-likeness (QED) is 0.574. The highest BCUT2D eigenvalue weighted by atomic mass is 16.6. The van der Waals surface area contributed by atoms with E-state index in [9.17, 15) is 9.59 Å². The molecule has 0 N–H and O–H groups in total. The second kappa shape index (κ2) is 5.83. The number of amides is 1. The van der Waals surface area contributed by atoms with Crippen molar-refractivity contribution in [1.29, 1.82) is 0 Å². The number of nitrogens with zero attached hydrogens (tertiary/aromatic N) is 1. The van der Waals surface area contributed by atoms with Gasteiger partial charge in [-0.3, -0.25) is 4.90 Å². The summed E-state index contributed by atoms with van der Waals surface area (Å²) in [5, 5.41) is 0. The molecule has 1 atom stereocenters. The first-order valence-electron chi connectivity index (χ1n) is 6.49. The monoisotopic (exact) mass is 285 g/mol. The average Bonchev–Trinajstić information content (AvgIpc) is 2.59. The molecule has 1 heterocycles. The van der Waals surface area contributed by atoms with Crippen LogP contribution in [0.15, 0.2) is 12.2 Å². The van der Waals surface area contributed by atoms with Gasteiger partial charge < -0.3 is 14.2 Å². The van der Waals surface area contributed by atoms with Crippen LogP contribution >= 0.6 is 0 Å². The van der Waals surface area contributed by atoms with Gasteiger partial charge in [-0.2, -0.15) is 0 Å². The summed E-state index contributed by atoms with van der Waals surface area (Å²) in [7, 11) is 1.30. The smallest absolute Gasteiger partial charge is 0.413 e. The second-order valence-corrected chi connectivity index (χ2v) is 6.06. The van der Waals surface area contributed by atoms with Crippen molar-refractivity contribution < 1.29 is 23.8 Å². The Morgan fingerprint density at radius 2 is 1.95 bits per heavy atom. The van der Waals surface area contributed by atoms with Gasteiger partial charge in [0.05, 0.1) is 19.8 Å². The molecule has 1 fully saturated rings. The number of ether oxygens (including phenoxy) is 3. The Morgan fingerprint density at radius 1 is 1.35 bits per heavy atom. The molecular weight excluding hydrogens is 262 g/mol. The molecule has 0 radical (unpaired) electrons. The van der Waals surface area contributed by atoms with Crippen molar-refractivity contribution in [1.82, 2.24) is 4.90 Å². The molecule has 1 aliphatic heterocycles. The largest absolute Gasteiger partial charge is 0.466 e. The number of methoxy groups -OCH3 is 1. The highest BCUT2D eigenvalue weighted by Gasteiger charge is 2.44. The summed E-state index contributed by atoms with van der Waals surface area (Å²) in [4.78, 5) is 24.9. The standard InChI is InChI=1S/C14H23NO5/c1-13(2,3)20-12(17)15-10(7-8-11(16)18-6)9-19-14(15,4)5/h7-8,10H,9H2,1-6H3/b8-7-. The first kappa shape index (κ1) is 16.5. The maximum Gasteiger partial charge on any atom is 0.413 e. The molecule has 1 amide bonds. The van der Waals surface area contributed by atoms with Crippen LogP contribution in [0, 0.1) is 0 Å². The van der Waals surface area contributed by atoms with E-state index in [-0.39, 0.29) is 6.04 Å². The zero-order chi connectivity index (χ0) is 15.6. The third-order valence-electron chi connectivity index (χ3n) is 2.76. The fourth-order valence-electron chi connectivity index (χ4n) is 1.90. The van der Waals surface area contributed by atoms with Crippen LogP contribution < -0.4 is 0 Å². The normalized spacial score (nSPS) is 22.1. The number of rotatable bonds is 2. The number of hydrogen-bond acceptors (Lipinski definition) is 5. The van der Waals surface area contributed by atoms with Gasteiger partial charge >= 0.3 is 12.1 Å². The van der Waals surface area contributed by atoms with E-state index in [1.807, 2.05) is 0 Å². The lowest BCUT2D eigenvalue weighted by Crippen LogP contribution is -2.49. The Bertz CT molecular complexity index is 408. The highest BCUT2D eigenvalue weighted by molar-refractivity contribution is 5.82. The summed E-state index contributed by atoms with van der Waals surface area (Å²) in [6.45, 7) is 9.27. The molecule has 0 saturated carbocycles. The van der Waals surface area contributed by atoms with Crippen LogP contribution in [0.4, 0.5) is 4.79 Å². The third-order valence-corrected chi connectivity index (χ3v) is 2.76. The molecule has 1 aliphatic rings. The van der Waals surface area contributed by atoms with E-state index in [1.54, 1.807) is 40.7 Å². The van der Waals surface area contributed by atoms with Crippen LogP contribution in [0.5, 0.6) is 0 Å². The van der Waals surface area contributed by atoms with Gasteiger partial charge in [0.1, 0.15) is 11.3 Å². The van der Waals surface area contributed by atoms with Crippen molar-refractivity contribution in [2.75, 3.05) is 13.7 Å². The Hall–Kier alpha value is -1.56. The van der Waals surface area contributed by atoms with E-state index in [0.717, 1.165) is 0 Å². The van der Waals surface area contributed by atoms with Gasteiger partial charge in [-0.15, -0.1) is 0 Å². The van der Waals surface area contributed by atoms with Crippen molar-refractivity contribution in [3.05, 3.63) is 12.2 Å². The van der Waals surface area contributed by atoms with Crippen molar-refractivity contribution in [3.8, 4) is 0 Å². The summed E-state index contributed by atoms with van der Waals surface area (Å²) in [6.07, 6.45) is 2.40. The lowest BCUT2D eigenvalue weighted by molar-refractivity contribution is -0.134. The minimum absolute atomic E-state index is 0.305. The molecule has 20 heavy (non-hydrogen) atoms. The molecule has 0 spiro atoms. The zero-order valence-corrected chi connectivity index (χ0v) is 12.9. The molecule has 1 unspecified atom stereocenters. The molecule has 1 saturated heterocycles. The summed E-state index contributed by atoms with van der Waals surface area (Å²) in [6, 6.07) is -0.362. The Labute approximate surface area is 119 Å². The van der Waals surface area contributed by atoms with Crippen molar-refractivity contribution in [2.45, 2.75) is 52.0 Å². The van der Waals surface area contributed by atoms with E-state index in [1.165, 1.54) is 18.1 Å². The molecule has 0 aromatic heterocycles. The Kier molecular flexibility index (Phi) is 4.81. The maximum atomic E-state index is 12.3. The lowest BCUT2D eigenvalue weighted by Gasteiger charge is -2.34. The lowest BCUT2D eigenvalue weighted by atomic mass is 10.2. The van der Waals surface area contributed by atoms with Gasteiger partial charge in [0.2, 0.25) is 0 Å². The zero-order valence-electron chi connectivity index (χ0n) is 12.9. The van der Waals surface area contributed by atoms with Crippen LogP contribution in [-0.2, 0) is 19.0 Å². The average molecular weight is 285 g/mol. The molecule has 0 aliphatic carbocycles. The summed E-state index contributed by atoms with van der Waals surface area (Å²) in [5.41, 5.74) is -1.38. The van der Waals surface area contributed by atoms with Crippen LogP contribution in [-0.4, -0.2) is 48.0 Å². The van der Waals surface area contributed by atoms with Crippen LogP contribution in [0.3, 0.4) is 0 Å². The summed E-state index contributed by atoms with van der Waals surface area (Å²) < 4.78 is 15.5. The van der Waals surface area contributed by atoms with E-state index in [2.05, 4.69) is 4.74 Å². The van der Waals surface area contributed by atoms with E-state index < -0.39 is 23.4 Å². The molecule has 0 aromatic rings. The molecule has 114 valence electrons. The number of esters is 1. The maximum absolute atomic E-state index is 12.3. The minimum atomic E-state index is -0.784. The van der Waals surface area contributed by atoms with Crippen molar-refractivity contribution in [2.24, 2.45) is 0 Å². The van der Waals surface area contributed by atoms with Gasteiger partial charge in [0.15, 0.2) is 0 Å². The van der Waals surface area contributed by atoms with Crippen molar-refractivity contribution in [3.63, 3.8) is 0 Å². The van der Waals surface area contributed by atoms with E-state index >= 15 is 0 Å². The first-order chi connectivity index (χ1) is 9.07.